The topological polar surface area (TPSA) is 41.5 Å². The van der Waals surface area contributed by atoms with E-state index in [9.17, 15) is 5.11 Å². The number of nitrogens with one attached hydrogen (secondary N) is 1. The van der Waals surface area contributed by atoms with Crippen LogP contribution in [0.5, 0.6) is 0 Å². The van der Waals surface area contributed by atoms with E-state index in [1.165, 1.54) is 5.56 Å². The molecule has 1 atom stereocenters. The number of hydrogen-bond donors (Lipinski definition) is 2. The average Bonchev–Trinajstić information content (AvgIpc) is 2.16. The summed E-state index contributed by atoms with van der Waals surface area (Å²) in [5.41, 5.74) is 2.26. The monoisotopic (exact) mass is 207 g/mol. The van der Waals surface area contributed by atoms with Gasteiger partial charge in [-0.2, -0.15) is 0 Å². The van der Waals surface area contributed by atoms with E-state index >= 15 is 0 Å². The summed E-state index contributed by atoms with van der Waals surface area (Å²) >= 11 is 0. The van der Waals surface area contributed by atoms with Crippen LogP contribution in [0.1, 0.15) is 23.1 Å². The summed E-state index contributed by atoms with van der Waals surface area (Å²) in [4.78, 5) is 0. The summed E-state index contributed by atoms with van der Waals surface area (Å²) in [5.74, 6) is 0.465. The van der Waals surface area contributed by atoms with Gasteiger partial charge < -0.3 is 15.2 Å². The maximum Gasteiger partial charge on any atom is 0.0917 e. The molecule has 1 aliphatic rings. The number of aliphatic hydroxyl groups is 1. The Kier molecular flexibility index (Phi) is 3.36. The first-order valence-corrected chi connectivity index (χ1v) is 5.32. The van der Waals surface area contributed by atoms with Crippen LogP contribution in [0.15, 0.2) is 24.3 Å². The summed E-state index contributed by atoms with van der Waals surface area (Å²) in [6.07, 6.45) is -0.424. The lowest BCUT2D eigenvalue weighted by Crippen LogP contribution is -2.27. The van der Waals surface area contributed by atoms with Crippen LogP contribution in [0.2, 0.25) is 0 Å². The standard InChI is InChI=1S/C12H17NO2/c1-13-6-12(14)11-5-3-2-4-10(11)9-7-15-8-9/h2-5,9,12-14H,6-8H2,1H3. The summed E-state index contributed by atoms with van der Waals surface area (Å²) in [7, 11) is 1.85. The third-order valence-electron chi connectivity index (χ3n) is 2.83. The Hall–Kier alpha value is -0.900. The van der Waals surface area contributed by atoms with Crippen LogP contribution in [0.3, 0.4) is 0 Å². The molecule has 0 amide bonds. The molecule has 15 heavy (non-hydrogen) atoms. The Morgan fingerprint density at radius 3 is 2.80 bits per heavy atom. The highest BCUT2D eigenvalue weighted by Crippen LogP contribution is 2.29. The van der Waals surface area contributed by atoms with E-state index in [-0.39, 0.29) is 0 Å². The van der Waals surface area contributed by atoms with Gasteiger partial charge >= 0.3 is 0 Å². The van der Waals surface area contributed by atoms with E-state index in [0.717, 1.165) is 18.8 Å². The van der Waals surface area contributed by atoms with Crippen molar-refractivity contribution >= 4 is 0 Å². The van der Waals surface area contributed by atoms with E-state index < -0.39 is 6.10 Å². The summed E-state index contributed by atoms with van der Waals surface area (Å²) in [6, 6.07) is 8.07. The molecule has 1 aliphatic heterocycles. The average molecular weight is 207 g/mol. The Bertz CT molecular complexity index is 323. The van der Waals surface area contributed by atoms with E-state index in [2.05, 4.69) is 11.4 Å². The van der Waals surface area contributed by atoms with Gasteiger partial charge in [0.05, 0.1) is 19.3 Å². The molecule has 0 radical (unpaired) electrons. The molecule has 0 aliphatic carbocycles. The van der Waals surface area contributed by atoms with Crippen molar-refractivity contribution in [2.75, 3.05) is 26.8 Å². The SMILES string of the molecule is CNCC(O)c1ccccc1C1COC1. The fraction of sp³-hybridized carbons (Fsp3) is 0.500. The molecule has 1 aromatic carbocycles. The van der Waals surface area contributed by atoms with Gasteiger partial charge in [-0.1, -0.05) is 24.3 Å². The van der Waals surface area contributed by atoms with Crippen LogP contribution < -0.4 is 5.32 Å². The third-order valence-corrected chi connectivity index (χ3v) is 2.83. The lowest BCUT2D eigenvalue weighted by atomic mass is 9.90. The fourth-order valence-corrected chi connectivity index (χ4v) is 1.90. The first-order chi connectivity index (χ1) is 7.33. The molecule has 1 saturated heterocycles. The molecule has 82 valence electrons. The van der Waals surface area contributed by atoms with Gasteiger partial charge in [0.15, 0.2) is 0 Å². The second-order valence-corrected chi connectivity index (χ2v) is 3.94. The summed E-state index contributed by atoms with van der Waals surface area (Å²) in [5, 5.41) is 13.0. The van der Waals surface area contributed by atoms with Gasteiger partial charge in [0.1, 0.15) is 0 Å². The Morgan fingerprint density at radius 1 is 1.47 bits per heavy atom. The lowest BCUT2D eigenvalue weighted by Gasteiger charge is -2.29. The maximum atomic E-state index is 9.97. The van der Waals surface area contributed by atoms with E-state index in [1.807, 2.05) is 25.2 Å². The molecule has 0 spiro atoms. The highest BCUT2D eigenvalue weighted by molar-refractivity contribution is 5.33. The maximum absolute atomic E-state index is 9.97. The highest BCUT2D eigenvalue weighted by atomic mass is 16.5. The smallest absolute Gasteiger partial charge is 0.0917 e. The minimum Gasteiger partial charge on any atom is -0.387 e. The van der Waals surface area contributed by atoms with Crippen molar-refractivity contribution in [1.82, 2.24) is 5.32 Å². The molecule has 0 aromatic heterocycles. The van der Waals surface area contributed by atoms with Crippen LogP contribution in [0, 0.1) is 0 Å². The molecular weight excluding hydrogens is 190 g/mol. The zero-order chi connectivity index (χ0) is 10.7. The fourth-order valence-electron chi connectivity index (χ4n) is 1.90. The quantitative estimate of drug-likeness (QED) is 0.775. The van der Waals surface area contributed by atoms with Gasteiger partial charge in [-0.25, -0.2) is 0 Å². The molecule has 1 aromatic rings. The largest absolute Gasteiger partial charge is 0.387 e. The number of benzene rings is 1. The highest BCUT2D eigenvalue weighted by Gasteiger charge is 2.24. The second kappa shape index (κ2) is 4.75. The Balaban J connectivity index is 2.20. The minimum atomic E-state index is -0.424. The van der Waals surface area contributed by atoms with E-state index in [1.54, 1.807) is 0 Å². The predicted molar refractivity (Wildman–Crippen MR) is 58.9 cm³/mol. The molecule has 0 saturated carbocycles. The van der Waals surface area contributed by atoms with Crippen molar-refractivity contribution < 1.29 is 9.84 Å². The molecule has 0 bridgehead atoms. The molecule has 2 rings (SSSR count). The van der Waals surface area contributed by atoms with Gasteiger partial charge in [0.25, 0.3) is 0 Å². The Morgan fingerprint density at radius 2 is 2.20 bits per heavy atom. The van der Waals surface area contributed by atoms with Crippen LogP contribution >= 0.6 is 0 Å². The summed E-state index contributed by atoms with van der Waals surface area (Å²) < 4.78 is 5.19. The predicted octanol–water partition coefficient (Wildman–Crippen LogP) is 1.05. The first-order valence-electron chi connectivity index (χ1n) is 5.32. The summed E-state index contributed by atoms with van der Waals surface area (Å²) in [6.45, 7) is 2.15. The number of rotatable bonds is 4. The number of aliphatic hydroxyl groups excluding tert-OH is 1. The molecule has 1 fully saturated rings. The number of hydrogen-bond acceptors (Lipinski definition) is 3. The number of ether oxygens (including phenoxy) is 1. The lowest BCUT2D eigenvalue weighted by molar-refractivity contribution is 0.00715. The molecule has 3 nitrogen and oxygen atoms in total. The van der Waals surface area contributed by atoms with E-state index in [0.29, 0.717) is 12.5 Å². The van der Waals surface area contributed by atoms with Gasteiger partial charge in [0.2, 0.25) is 0 Å². The third kappa shape index (κ3) is 2.20. The van der Waals surface area contributed by atoms with Crippen molar-refractivity contribution in [3.05, 3.63) is 35.4 Å². The van der Waals surface area contributed by atoms with Crippen LogP contribution in [0.25, 0.3) is 0 Å². The van der Waals surface area contributed by atoms with Crippen molar-refractivity contribution in [2.45, 2.75) is 12.0 Å². The van der Waals surface area contributed by atoms with Crippen molar-refractivity contribution in [1.29, 1.82) is 0 Å². The van der Waals surface area contributed by atoms with Crippen molar-refractivity contribution in [3.63, 3.8) is 0 Å². The van der Waals surface area contributed by atoms with Crippen LogP contribution in [-0.2, 0) is 4.74 Å². The number of likely N-dealkylation sites (N-methyl/N-ethyl adjacent to an activating group) is 1. The van der Waals surface area contributed by atoms with Crippen LogP contribution in [0.4, 0.5) is 0 Å². The first kappa shape index (κ1) is 10.6. The van der Waals surface area contributed by atoms with Gasteiger partial charge in [0, 0.05) is 12.5 Å². The molecule has 1 heterocycles. The molecule has 3 heteroatoms. The zero-order valence-corrected chi connectivity index (χ0v) is 8.94. The van der Waals surface area contributed by atoms with Gasteiger partial charge in [-0.3, -0.25) is 0 Å². The second-order valence-electron chi connectivity index (χ2n) is 3.94. The normalized spacial score (nSPS) is 18.5. The van der Waals surface area contributed by atoms with Gasteiger partial charge in [-0.05, 0) is 18.2 Å². The molecule has 2 N–H and O–H groups in total. The van der Waals surface area contributed by atoms with E-state index in [4.69, 9.17) is 4.74 Å². The molecular formula is C12H17NO2. The zero-order valence-electron chi connectivity index (χ0n) is 8.94. The molecule has 1 unspecified atom stereocenters. The van der Waals surface area contributed by atoms with Crippen molar-refractivity contribution in [3.8, 4) is 0 Å². The van der Waals surface area contributed by atoms with Crippen LogP contribution in [-0.4, -0.2) is 31.9 Å². The van der Waals surface area contributed by atoms with Gasteiger partial charge in [-0.15, -0.1) is 0 Å². The minimum absolute atomic E-state index is 0.424. The van der Waals surface area contributed by atoms with Crippen molar-refractivity contribution in [2.24, 2.45) is 0 Å². The Labute approximate surface area is 90.1 Å².